The van der Waals surface area contributed by atoms with Crippen LogP contribution in [0.3, 0.4) is 0 Å². The Labute approximate surface area is 194 Å². The number of hydrogen-bond donors (Lipinski definition) is 1. The van der Waals surface area contributed by atoms with E-state index in [0.29, 0.717) is 21.6 Å². The quantitative estimate of drug-likeness (QED) is 0.372. The molecule has 0 radical (unpaired) electrons. The summed E-state index contributed by atoms with van der Waals surface area (Å²) in [6.45, 7) is 0. The van der Waals surface area contributed by atoms with Crippen molar-refractivity contribution in [2.45, 2.75) is 6.18 Å². The van der Waals surface area contributed by atoms with Crippen LogP contribution in [0.4, 0.5) is 23.2 Å². The molecule has 34 heavy (non-hydrogen) atoms. The SMILES string of the molecule is COc1ccc(-c2cc(C(F)(F)F)n3nc(C(=O)Nc4ccc(F)c(Cl)c4)cc3n2)cc1OC. The third kappa shape index (κ3) is 4.46. The summed E-state index contributed by atoms with van der Waals surface area (Å²) in [5.74, 6) is -0.808. The van der Waals surface area contributed by atoms with Crippen LogP contribution in [-0.4, -0.2) is 34.7 Å². The molecule has 0 aliphatic rings. The Bertz CT molecular complexity index is 1410. The second-order valence-corrected chi connectivity index (χ2v) is 7.38. The van der Waals surface area contributed by atoms with Crippen LogP contribution < -0.4 is 14.8 Å². The number of alkyl halides is 3. The summed E-state index contributed by atoms with van der Waals surface area (Å²) in [4.78, 5) is 16.8. The third-order valence-electron chi connectivity index (χ3n) is 4.81. The van der Waals surface area contributed by atoms with E-state index in [-0.39, 0.29) is 27.7 Å². The molecule has 0 atom stereocenters. The zero-order valence-corrected chi connectivity index (χ0v) is 18.3. The van der Waals surface area contributed by atoms with Crippen molar-refractivity contribution in [1.29, 1.82) is 0 Å². The average Bonchev–Trinajstić information content (AvgIpc) is 3.24. The number of hydrogen-bond acceptors (Lipinski definition) is 5. The number of halogens is 5. The number of rotatable bonds is 5. The lowest BCUT2D eigenvalue weighted by Gasteiger charge is -2.12. The second-order valence-electron chi connectivity index (χ2n) is 6.98. The van der Waals surface area contributed by atoms with Gasteiger partial charge in [0.2, 0.25) is 0 Å². The van der Waals surface area contributed by atoms with E-state index >= 15 is 0 Å². The van der Waals surface area contributed by atoms with Crippen LogP contribution in [0.1, 0.15) is 16.2 Å². The summed E-state index contributed by atoms with van der Waals surface area (Å²) in [6.07, 6.45) is -4.79. The van der Waals surface area contributed by atoms with Gasteiger partial charge in [-0.15, -0.1) is 0 Å². The molecule has 0 saturated heterocycles. The molecule has 176 valence electrons. The highest BCUT2D eigenvalue weighted by atomic mass is 35.5. The molecule has 1 amide bonds. The molecule has 0 aliphatic heterocycles. The topological polar surface area (TPSA) is 77.8 Å². The van der Waals surface area contributed by atoms with Crippen LogP contribution in [0.25, 0.3) is 16.9 Å². The van der Waals surface area contributed by atoms with Gasteiger partial charge in [0.15, 0.2) is 28.5 Å². The molecule has 0 spiro atoms. The van der Waals surface area contributed by atoms with Crippen LogP contribution in [0, 0.1) is 5.82 Å². The third-order valence-corrected chi connectivity index (χ3v) is 5.10. The molecule has 0 saturated carbocycles. The number of aromatic nitrogens is 3. The largest absolute Gasteiger partial charge is 0.493 e. The summed E-state index contributed by atoms with van der Waals surface area (Å²) < 4.78 is 65.7. The number of methoxy groups -OCH3 is 2. The van der Waals surface area contributed by atoms with E-state index in [4.69, 9.17) is 21.1 Å². The normalized spacial score (nSPS) is 11.5. The maximum absolute atomic E-state index is 13.8. The number of carbonyl (C=O) groups excluding carboxylic acids is 1. The average molecular weight is 495 g/mol. The van der Waals surface area contributed by atoms with E-state index in [1.807, 2.05) is 0 Å². The van der Waals surface area contributed by atoms with Crippen molar-refractivity contribution in [3.8, 4) is 22.8 Å². The van der Waals surface area contributed by atoms with Crippen LogP contribution in [-0.2, 0) is 6.18 Å². The number of anilines is 1. The van der Waals surface area contributed by atoms with Gasteiger partial charge in [-0.1, -0.05) is 11.6 Å². The lowest BCUT2D eigenvalue weighted by atomic mass is 10.1. The fraction of sp³-hybridized carbons (Fsp3) is 0.136. The van der Waals surface area contributed by atoms with E-state index in [9.17, 15) is 22.4 Å². The lowest BCUT2D eigenvalue weighted by Crippen LogP contribution is -2.15. The van der Waals surface area contributed by atoms with Crippen molar-refractivity contribution >= 4 is 28.8 Å². The Kier molecular flexibility index (Phi) is 6.05. The highest BCUT2D eigenvalue weighted by Crippen LogP contribution is 2.35. The van der Waals surface area contributed by atoms with Gasteiger partial charge in [-0.2, -0.15) is 18.3 Å². The van der Waals surface area contributed by atoms with Crippen LogP contribution >= 0.6 is 11.6 Å². The number of fused-ring (bicyclic) bond motifs is 1. The molecule has 0 fully saturated rings. The Morgan fingerprint density at radius 3 is 2.41 bits per heavy atom. The molecule has 4 rings (SSSR count). The molecular weight excluding hydrogens is 480 g/mol. The smallest absolute Gasteiger partial charge is 0.433 e. The van der Waals surface area contributed by atoms with Crippen molar-refractivity contribution < 1.29 is 31.8 Å². The van der Waals surface area contributed by atoms with Crippen LogP contribution in [0.15, 0.2) is 48.5 Å². The van der Waals surface area contributed by atoms with Gasteiger partial charge in [0.05, 0.1) is 24.9 Å². The van der Waals surface area contributed by atoms with Crippen molar-refractivity contribution in [2.24, 2.45) is 0 Å². The van der Waals surface area contributed by atoms with Crippen molar-refractivity contribution in [2.75, 3.05) is 19.5 Å². The predicted octanol–water partition coefficient (Wildman–Crippen LogP) is 5.48. The van der Waals surface area contributed by atoms with Gasteiger partial charge in [-0.05, 0) is 42.5 Å². The molecular formula is C22H15ClF4N4O3. The van der Waals surface area contributed by atoms with Gasteiger partial charge in [0, 0.05) is 17.3 Å². The number of carbonyl (C=O) groups is 1. The van der Waals surface area contributed by atoms with Crippen molar-refractivity contribution in [3.63, 3.8) is 0 Å². The Balaban J connectivity index is 1.78. The summed E-state index contributed by atoms with van der Waals surface area (Å²) in [6, 6.07) is 9.95. The van der Waals surface area contributed by atoms with E-state index in [1.54, 1.807) is 0 Å². The first-order valence-corrected chi connectivity index (χ1v) is 9.95. The van der Waals surface area contributed by atoms with Gasteiger partial charge < -0.3 is 14.8 Å². The van der Waals surface area contributed by atoms with Gasteiger partial charge >= 0.3 is 6.18 Å². The standard InChI is InChI=1S/C22H15ClF4N4O3/c1-33-17-6-3-11(7-18(17)34-2)15-9-19(22(25,26)27)31-20(29-15)10-16(30-31)21(32)28-12-4-5-14(24)13(23)8-12/h3-10H,1-2H3,(H,28,32). The van der Waals surface area contributed by atoms with Gasteiger partial charge in [-0.3, -0.25) is 4.79 Å². The molecule has 2 heterocycles. The summed E-state index contributed by atoms with van der Waals surface area (Å²) in [7, 11) is 2.83. The van der Waals surface area contributed by atoms with Gasteiger partial charge in [0.25, 0.3) is 5.91 Å². The highest BCUT2D eigenvalue weighted by Gasteiger charge is 2.35. The number of amides is 1. The van der Waals surface area contributed by atoms with Crippen molar-refractivity contribution in [1.82, 2.24) is 14.6 Å². The fourth-order valence-electron chi connectivity index (χ4n) is 3.20. The zero-order valence-electron chi connectivity index (χ0n) is 17.6. The molecule has 0 aliphatic carbocycles. The molecule has 4 aromatic rings. The molecule has 0 bridgehead atoms. The molecule has 2 aromatic heterocycles. The Morgan fingerprint density at radius 2 is 1.76 bits per heavy atom. The Hall–Kier alpha value is -3.86. The summed E-state index contributed by atoms with van der Waals surface area (Å²) >= 11 is 5.70. The summed E-state index contributed by atoms with van der Waals surface area (Å²) in [5.41, 5.74) is -1.21. The van der Waals surface area contributed by atoms with E-state index in [1.165, 1.54) is 44.6 Å². The number of ether oxygens (including phenoxy) is 2. The lowest BCUT2D eigenvalue weighted by molar-refractivity contribution is -0.142. The first-order chi connectivity index (χ1) is 16.1. The molecule has 0 unspecified atom stereocenters. The number of benzene rings is 2. The van der Waals surface area contributed by atoms with Crippen LogP contribution in [0.5, 0.6) is 11.5 Å². The zero-order chi connectivity index (χ0) is 24.6. The Morgan fingerprint density at radius 1 is 1.03 bits per heavy atom. The van der Waals surface area contributed by atoms with E-state index in [2.05, 4.69) is 15.4 Å². The minimum absolute atomic E-state index is 0.0158. The second kappa shape index (κ2) is 8.82. The van der Waals surface area contributed by atoms with Gasteiger partial charge in [-0.25, -0.2) is 13.9 Å². The maximum atomic E-state index is 13.8. The van der Waals surface area contributed by atoms with Gasteiger partial charge in [0.1, 0.15) is 5.82 Å². The van der Waals surface area contributed by atoms with E-state index in [0.717, 1.165) is 18.2 Å². The fourth-order valence-corrected chi connectivity index (χ4v) is 3.38. The number of nitrogens with zero attached hydrogens (tertiary/aromatic N) is 3. The molecule has 7 nitrogen and oxygen atoms in total. The highest BCUT2D eigenvalue weighted by molar-refractivity contribution is 6.31. The predicted molar refractivity (Wildman–Crippen MR) is 116 cm³/mol. The summed E-state index contributed by atoms with van der Waals surface area (Å²) in [5, 5.41) is 5.97. The first-order valence-electron chi connectivity index (χ1n) is 9.57. The minimum atomic E-state index is -4.79. The molecule has 12 heteroatoms. The monoisotopic (exact) mass is 494 g/mol. The molecule has 2 aromatic carbocycles. The van der Waals surface area contributed by atoms with Crippen molar-refractivity contribution in [3.05, 3.63) is 70.8 Å². The molecule has 1 N–H and O–H groups in total. The van der Waals surface area contributed by atoms with Crippen LogP contribution in [0.2, 0.25) is 5.02 Å². The van der Waals surface area contributed by atoms with E-state index < -0.39 is 23.6 Å². The maximum Gasteiger partial charge on any atom is 0.433 e. The first kappa shape index (κ1) is 23.3. The number of nitrogens with one attached hydrogen (secondary N) is 1. The minimum Gasteiger partial charge on any atom is -0.493 e.